The van der Waals surface area contributed by atoms with Crippen molar-refractivity contribution in [1.82, 2.24) is 9.88 Å². The van der Waals surface area contributed by atoms with E-state index >= 15 is 0 Å². The summed E-state index contributed by atoms with van der Waals surface area (Å²) in [7, 11) is 3.40. The Hall–Kier alpha value is -2.95. The highest BCUT2D eigenvalue weighted by atomic mass is 19.1. The van der Waals surface area contributed by atoms with Crippen molar-refractivity contribution in [1.29, 1.82) is 0 Å². The number of pyridine rings is 1. The first-order valence-electron chi connectivity index (χ1n) is 8.44. The molecule has 1 aromatic heterocycles. The van der Waals surface area contributed by atoms with Gasteiger partial charge in [-0.3, -0.25) is 9.78 Å². The number of benzene rings is 2. The van der Waals surface area contributed by atoms with Crippen LogP contribution in [-0.2, 0) is 6.42 Å². The van der Waals surface area contributed by atoms with E-state index in [2.05, 4.69) is 4.98 Å². The minimum absolute atomic E-state index is 0.0398. The molecular weight excluding hydrogens is 331 g/mol. The van der Waals surface area contributed by atoms with E-state index in [0.717, 1.165) is 11.3 Å². The normalized spacial score (nSPS) is 12.0. The molecule has 26 heavy (non-hydrogen) atoms. The zero-order valence-electron chi connectivity index (χ0n) is 15.1. The van der Waals surface area contributed by atoms with Gasteiger partial charge in [-0.1, -0.05) is 18.2 Å². The van der Waals surface area contributed by atoms with Crippen LogP contribution in [0.2, 0.25) is 0 Å². The van der Waals surface area contributed by atoms with Gasteiger partial charge < -0.3 is 9.64 Å². The number of hydrogen-bond acceptors (Lipinski definition) is 3. The molecule has 3 aromatic rings. The van der Waals surface area contributed by atoms with Crippen LogP contribution in [-0.4, -0.2) is 36.0 Å². The summed E-state index contributed by atoms with van der Waals surface area (Å²) in [6.45, 7) is 1.98. The fourth-order valence-electron chi connectivity index (χ4n) is 2.95. The van der Waals surface area contributed by atoms with Gasteiger partial charge in [0.1, 0.15) is 11.6 Å². The van der Waals surface area contributed by atoms with E-state index in [-0.39, 0.29) is 17.8 Å². The smallest absolute Gasteiger partial charge is 0.255 e. The number of aromatic nitrogens is 1. The van der Waals surface area contributed by atoms with Crippen LogP contribution in [0.25, 0.3) is 10.9 Å². The lowest BCUT2D eigenvalue weighted by molar-refractivity contribution is 0.0742. The number of amides is 1. The van der Waals surface area contributed by atoms with Crippen molar-refractivity contribution < 1.29 is 13.9 Å². The monoisotopic (exact) mass is 352 g/mol. The first-order valence-corrected chi connectivity index (χ1v) is 8.44. The van der Waals surface area contributed by atoms with Gasteiger partial charge in [-0.15, -0.1) is 0 Å². The molecule has 0 aliphatic heterocycles. The first kappa shape index (κ1) is 17.9. The van der Waals surface area contributed by atoms with Crippen molar-refractivity contribution in [2.75, 3.05) is 14.2 Å². The highest BCUT2D eigenvalue weighted by Gasteiger charge is 2.19. The number of likely N-dealkylation sites (N-methyl/N-ethyl adjacent to an activating group) is 1. The maximum atomic E-state index is 13.4. The van der Waals surface area contributed by atoms with Gasteiger partial charge in [0, 0.05) is 24.7 Å². The Labute approximate surface area is 152 Å². The molecule has 2 aromatic carbocycles. The molecule has 3 rings (SSSR count). The maximum Gasteiger partial charge on any atom is 0.255 e. The van der Waals surface area contributed by atoms with Gasteiger partial charge in [0.05, 0.1) is 18.2 Å². The predicted octanol–water partition coefficient (Wildman–Crippen LogP) is 4.09. The number of hydrogen-bond donors (Lipinski definition) is 0. The van der Waals surface area contributed by atoms with E-state index in [1.165, 1.54) is 18.3 Å². The van der Waals surface area contributed by atoms with Crippen LogP contribution in [0.4, 0.5) is 4.39 Å². The Balaban J connectivity index is 1.80. The molecule has 0 aliphatic rings. The Bertz CT molecular complexity index is 942. The van der Waals surface area contributed by atoms with Crippen LogP contribution >= 0.6 is 0 Å². The van der Waals surface area contributed by atoms with E-state index in [1.807, 2.05) is 31.2 Å². The van der Waals surface area contributed by atoms with Crippen LogP contribution in [0.15, 0.2) is 54.7 Å². The second kappa shape index (κ2) is 7.52. The summed E-state index contributed by atoms with van der Waals surface area (Å²) in [5, 5.41) is 0.613. The lowest BCUT2D eigenvalue weighted by Gasteiger charge is -2.25. The molecule has 0 saturated carbocycles. The van der Waals surface area contributed by atoms with Gasteiger partial charge in [0.15, 0.2) is 0 Å². The van der Waals surface area contributed by atoms with Gasteiger partial charge in [-0.25, -0.2) is 4.39 Å². The highest BCUT2D eigenvalue weighted by Crippen LogP contribution is 2.21. The molecule has 134 valence electrons. The largest absolute Gasteiger partial charge is 0.496 e. The van der Waals surface area contributed by atoms with E-state index in [9.17, 15) is 9.18 Å². The average Bonchev–Trinajstić information content (AvgIpc) is 2.66. The number of halogens is 1. The molecule has 1 heterocycles. The van der Waals surface area contributed by atoms with Crippen LogP contribution in [0.1, 0.15) is 22.8 Å². The van der Waals surface area contributed by atoms with E-state index in [1.54, 1.807) is 31.2 Å². The molecule has 0 bridgehead atoms. The highest BCUT2D eigenvalue weighted by molar-refractivity contribution is 5.97. The van der Waals surface area contributed by atoms with Gasteiger partial charge in [-0.2, -0.15) is 0 Å². The molecule has 0 fully saturated rings. The fraction of sp³-hybridized carbons (Fsp3) is 0.238. The molecule has 1 amide bonds. The third kappa shape index (κ3) is 3.67. The van der Waals surface area contributed by atoms with Gasteiger partial charge in [0.2, 0.25) is 0 Å². The summed E-state index contributed by atoms with van der Waals surface area (Å²) in [6.07, 6.45) is 2.21. The summed E-state index contributed by atoms with van der Waals surface area (Å²) < 4.78 is 18.8. The van der Waals surface area contributed by atoms with Crippen molar-refractivity contribution >= 4 is 16.8 Å². The molecule has 4 nitrogen and oxygen atoms in total. The Morgan fingerprint density at radius 2 is 2.00 bits per heavy atom. The van der Waals surface area contributed by atoms with Crippen molar-refractivity contribution in [2.45, 2.75) is 19.4 Å². The zero-order valence-corrected chi connectivity index (χ0v) is 15.1. The summed E-state index contributed by atoms with van der Waals surface area (Å²) in [4.78, 5) is 18.8. The quantitative estimate of drug-likeness (QED) is 0.695. The number of rotatable bonds is 5. The van der Waals surface area contributed by atoms with Crippen LogP contribution in [0, 0.1) is 5.82 Å². The van der Waals surface area contributed by atoms with Gasteiger partial charge in [0.25, 0.3) is 5.91 Å². The topological polar surface area (TPSA) is 42.4 Å². The molecule has 0 spiro atoms. The minimum Gasteiger partial charge on any atom is -0.496 e. The molecule has 0 aliphatic carbocycles. The second-order valence-electron chi connectivity index (χ2n) is 6.34. The summed E-state index contributed by atoms with van der Waals surface area (Å²) in [6, 6.07) is 13.8. The lowest BCUT2D eigenvalue weighted by atomic mass is 10.0. The molecule has 0 saturated heterocycles. The Morgan fingerprint density at radius 1 is 1.23 bits per heavy atom. The van der Waals surface area contributed by atoms with Crippen molar-refractivity contribution in [3.8, 4) is 5.75 Å². The summed E-state index contributed by atoms with van der Waals surface area (Å²) in [5.74, 6) is 0.316. The van der Waals surface area contributed by atoms with Crippen molar-refractivity contribution in [2.24, 2.45) is 0 Å². The van der Waals surface area contributed by atoms with Gasteiger partial charge in [-0.05, 0) is 49.2 Å². The molecule has 0 radical (unpaired) electrons. The number of carbonyl (C=O) groups excluding carboxylic acids is 1. The second-order valence-corrected chi connectivity index (χ2v) is 6.34. The number of para-hydroxylation sites is 1. The summed E-state index contributed by atoms with van der Waals surface area (Å²) in [5.41, 5.74) is 2.14. The summed E-state index contributed by atoms with van der Waals surface area (Å²) >= 11 is 0. The van der Waals surface area contributed by atoms with Gasteiger partial charge >= 0.3 is 0 Å². The molecule has 1 atom stereocenters. The molecule has 0 N–H and O–H groups in total. The average molecular weight is 352 g/mol. The third-order valence-electron chi connectivity index (χ3n) is 4.58. The first-order chi connectivity index (χ1) is 12.5. The maximum absolute atomic E-state index is 13.4. The molecule has 5 heteroatoms. The number of carbonyl (C=O) groups is 1. The molecule has 1 unspecified atom stereocenters. The Kier molecular flexibility index (Phi) is 5.16. The predicted molar refractivity (Wildman–Crippen MR) is 100.0 cm³/mol. The van der Waals surface area contributed by atoms with Crippen LogP contribution in [0.3, 0.4) is 0 Å². The zero-order chi connectivity index (χ0) is 18.7. The van der Waals surface area contributed by atoms with Crippen LogP contribution < -0.4 is 4.74 Å². The minimum atomic E-state index is -0.346. The fourth-order valence-corrected chi connectivity index (χ4v) is 2.95. The van der Waals surface area contributed by atoms with E-state index < -0.39 is 0 Å². The van der Waals surface area contributed by atoms with Crippen molar-refractivity contribution in [3.05, 3.63) is 71.7 Å². The SMILES string of the molecule is COc1ccccc1CC(C)N(C)C(=O)c1cnc2ccc(F)cc2c1. The number of ether oxygens (including phenoxy) is 1. The van der Waals surface area contributed by atoms with Crippen LogP contribution in [0.5, 0.6) is 5.75 Å². The number of nitrogens with zero attached hydrogens (tertiary/aromatic N) is 2. The molecular formula is C21H21FN2O2. The van der Waals surface area contributed by atoms with E-state index in [0.29, 0.717) is 22.9 Å². The third-order valence-corrected chi connectivity index (χ3v) is 4.58. The van der Waals surface area contributed by atoms with E-state index in [4.69, 9.17) is 4.74 Å². The standard InChI is InChI=1S/C21H21FN2O2/c1-14(10-15-6-4-5-7-20(15)26-3)24(2)21(25)17-11-16-12-18(22)8-9-19(16)23-13-17/h4-9,11-14H,10H2,1-3H3. The number of fused-ring (bicyclic) bond motifs is 1. The lowest BCUT2D eigenvalue weighted by Crippen LogP contribution is -2.36. The number of methoxy groups -OCH3 is 1. The van der Waals surface area contributed by atoms with Crippen molar-refractivity contribution in [3.63, 3.8) is 0 Å². The Morgan fingerprint density at radius 3 is 2.77 bits per heavy atom.